The molecule has 2 rings (SSSR count). The number of ether oxygens (including phenoxy) is 1. The Labute approximate surface area is 110 Å². The monoisotopic (exact) mass is 281 g/mol. The fraction of sp³-hybridized carbons (Fsp3) is 0.167. The van der Waals surface area contributed by atoms with Crippen molar-refractivity contribution in [2.45, 2.75) is 6.92 Å². The van der Waals surface area contributed by atoms with Crippen LogP contribution in [0.25, 0.3) is 0 Å². The van der Waals surface area contributed by atoms with Crippen molar-refractivity contribution in [3.8, 4) is 5.75 Å². The SMILES string of the molecule is Cc1ccccc1OCC1=NC(C(=O)O)=CS1(=O)=O. The third kappa shape index (κ3) is 2.82. The highest BCUT2D eigenvalue weighted by Crippen LogP contribution is 2.19. The molecule has 0 atom stereocenters. The first-order valence-corrected chi connectivity index (χ1v) is 6.91. The van der Waals surface area contributed by atoms with Crippen molar-refractivity contribution in [3.05, 3.63) is 40.9 Å². The average molecular weight is 281 g/mol. The molecule has 6 nitrogen and oxygen atoms in total. The minimum atomic E-state index is -3.78. The van der Waals surface area contributed by atoms with Gasteiger partial charge in [0, 0.05) is 0 Å². The first kappa shape index (κ1) is 13.3. The predicted octanol–water partition coefficient (Wildman–Crippen LogP) is 1.13. The zero-order valence-corrected chi connectivity index (χ0v) is 10.8. The molecule has 1 heterocycles. The highest BCUT2D eigenvalue weighted by Gasteiger charge is 2.28. The Balaban J connectivity index is 2.16. The van der Waals surface area contributed by atoms with Crippen molar-refractivity contribution < 1.29 is 23.1 Å². The number of carbonyl (C=O) groups is 1. The second kappa shape index (κ2) is 4.85. The first-order valence-electron chi connectivity index (χ1n) is 5.36. The minimum absolute atomic E-state index is 0.291. The number of benzene rings is 1. The van der Waals surface area contributed by atoms with E-state index in [1.54, 1.807) is 12.1 Å². The smallest absolute Gasteiger partial charge is 0.355 e. The largest absolute Gasteiger partial charge is 0.486 e. The zero-order chi connectivity index (χ0) is 14.0. The maximum absolute atomic E-state index is 11.6. The summed E-state index contributed by atoms with van der Waals surface area (Å²) in [6.07, 6.45) is 0. The summed E-state index contributed by atoms with van der Waals surface area (Å²) >= 11 is 0. The van der Waals surface area contributed by atoms with E-state index in [9.17, 15) is 13.2 Å². The quantitative estimate of drug-likeness (QED) is 0.892. The van der Waals surface area contributed by atoms with E-state index in [4.69, 9.17) is 9.84 Å². The van der Waals surface area contributed by atoms with Crippen molar-refractivity contribution >= 4 is 20.9 Å². The molecule has 1 aromatic carbocycles. The number of nitrogens with zero attached hydrogens (tertiary/aromatic N) is 1. The van der Waals surface area contributed by atoms with Crippen LogP contribution in [-0.2, 0) is 14.6 Å². The van der Waals surface area contributed by atoms with Gasteiger partial charge in [0.05, 0.1) is 5.41 Å². The lowest BCUT2D eigenvalue weighted by molar-refractivity contribution is -0.132. The summed E-state index contributed by atoms with van der Waals surface area (Å²) in [5, 5.41) is 9.04. The number of para-hydroxylation sites is 1. The normalized spacial score (nSPS) is 16.7. The molecule has 0 unspecified atom stereocenters. The summed E-state index contributed by atoms with van der Waals surface area (Å²) in [6.45, 7) is 1.53. The summed E-state index contributed by atoms with van der Waals surface area (Å²) in [7, 11) is -3.78. The number of carboxylic acid groups (broad SMARTS) is 1. The maximum atomic E-state index is 11.6. The van der Waals surface area contributed by atoms with Crippen molar-refractivity contribution in [1.29, 1.82) is 0 Å². The fourth-order valence-corrected chi connectivity index (χ4v) is 2.54. The van der Waals surface area contributed by atoms with E-state index in [0.717, 1.165) is 5.56 Å². The van der Waals surface area contributed by atoms with Gasteiger partial charge in [0.25, 0.3) is 0 Å². The molecule has 0 amide bonds. The van der Waals surface area contributed by atoms with Crippen LogP contribution >= 0.6 is 0 Å². The van der Waals surface area contributed by atoms with Crippen LogP contribution in [0.1, 0.15) is 5.56 Å². The van der Waals surface area contributed by atoms with Crippen LogP contribution in [0.5, 0.6) is 5.75 Å². The Morgan fingerprint density at radius 3 is 2.63 bits per heavy atom. The molecule has 19 heavy (non-hydrogen) atoms. The van der Waals surface area contributed by atoms with Gasteiger partial charge in [0.15, 0.2) is 10.7 Å². The number of aryl methyl sites for hydroxylation is 1. The Kier molecular flexibility index (Phi) is 3.39. The number of aliphatic carboxylic acids is 1. The van der Waals surface area contributed by atoms with Gasteiger partial charge in [-0.25, -0.2) is 18.2 Å². The van der Waals surface area contributed by atoms with Gasteiger partial charge < -0.3 is 9.84 Å². The third-order valence-corrected chi connectivity index (χ3v) is 3.90. The Morgan fingerprint density at radius 2 is 2.05 bits per heavy atom. The molecule has 1 aliphatic heterocycles. The summed E-state index contributed by atoms with van der Waals surface area (Å²) in [5.41, 5.74) is 0.355. The number of hydrogen-bond donors (Lipinski definition) is 1. The van der Waals surface area contributed by atoms with Crippen LogP contribution < -0.4 is 4.74 Å². The van der Waals surface area contributed by atoms with Crippen molar-refractivity contribution in [1.82, 2.24) is 0 Å². The molecule has 100 valence electrons. The van der Waals surface area contributed by atoms with Crippen LogP contribution in [0.2, 0.25) is 0 Å². The number of hydrogen-bond acceptors (Lipinski definition) is 5. The van der Waals surface area contributed by atoms with Gasteiger partial charge in [0.2, 0.25) is 9.84 Å². The summed E-state index contributed by atoms with van der Waals surface area (Å²) in [5.74, 6) is -0.848. The van der Waals surface area contributed by atoms with Crippen molar-refractivity contribution in [2.75, 3.05) is 6.61 Å². The second-order valence-corrected chi connectivity index (χ2v) is 5.71. The van der Waals surface area contributed by atoms with Crippen LogP contribution in [0.15, 0.2) is 40.4 Å². The molecule has 0 spiro atoms. The van der Waals surface area contributed by atoms with Crippen LogP contribution in [0.3, 0.4) is 0 Å². The lowest BCUT2D eigenvalue weighted by Gasteiger charge is -2.07. The molecule has 0 aliphatic carbocycles. The molecule has 0 saturated carbocycles. The average Bonchev–Trinajstić information content (AvgIpc) is 2.64. The number of aliphatic imine (C=N–C) groups is 1. The first-order chi connectivity index (χ1) is 8.90. The molecule has 1 N–H and O–H groups in total. The Hall–Kier alpha value is -2.15. The molecule has 7 heteroatoms. The molecule has 0 aromatic heterocycles. The van der Waals surface area contributed by atoms with Gasteiger partial charge >= 0.3 is 5.97 Å². The molecular weight excluding hydrogens is 270 g/mol. The van der Waals surface area contributed by atoms with Crippen LogP contribution in [-0.4, -0.2) is 31.1 Å². The molecule has 0 fully saturated rings. The van der Waals surface area contributed by atoms with Gasteiger partial charge in [-0.15, -0.1) is 0 Å². The van der Waals surface area contributed by atoms with E-state index in [2.05, 4.69) is 4.99 Å². The van der Waals surface area contributed by atoms with E-state index in [1.165, 1.54) is 0 Å². The number of carboxylic acids is 1. The van der Waals surface area contributed by atoms with Crippen molar-refractivity contribution in [3.63, 3.8) is 0 Å². The van der Waals surface area contributed by atoms with Crippen molar-refractivity contribution in [2.24, 2.45) is 4.99 Å². The van der Waals surface area contributed by atoms with Gasteiger partial charge in [-0.1, -0.05) is 18.2 Å². The highest BCUT2D eigenvalue weighted by atomic mass is 32.2. The maximum Gasteiger partial charge on any atom is 0.355 e. The van der Waals surface area contributed by atoms with Gasteiger partial charge in [0.1, 0.15) is 12.4 Å². The van der Waals surface area contributed by atoms with Gasteiger partial charge in [-0.3, -0.25) is 0 Å². The number of sulfone groups is 1. The zero-order valence-electron chi connectivity index (χ0n) is 10.0. The third-order valence-electron chi connectivity index (χ3n) is 2.50. The van der Waals surface area contributed by atoms with E-state index < -0.39 is 21.5 Å². The lowest BCUT2D eigenvalue weighted by Crippen LogP contribution is -2.18. The van der Waals surface area contributed by atoms with Gasteiger partial charge in [-0.2, -0.15) is 0 Å². The van der Waals surface area contributed by atoms with E-state index in [0.29, 0.717) is 11.2 Å². The van der Waals surface area contributed by atoms with E-state index >= 15 is 0 Å². The topological polar surface area (TPSA) is 93.0 Å². The Morgan fingerprint density at radius 1 is 1.37 bits per heavy atom. The molecular formula is C12H11NO5S. The summed E-state index contributed by atoms with van der Waals surface area (Å²) in [6, 6.07) is 7.11. The molecule has 0 radical (unpaired) electrons. The van der Waals surface area contributed by atoms with E-state index in [-0.39, 0.29) is 11.7 Å². The summed E-state index contributed by atoms with van der Waals surface area (Å²) in [4.78, 5) is 14.2. The molecule has 1 aromatic rings. The number of rotatable bonds is 4. The standard InChI is InChI=1S/C12H11NO5S/c1-8-4-2-3-5-10(8)18-6-11-13-9(12(14)15)7-19(11,16)17/h2-5,7H,6H2,1H3,(H,14,15). The van der Waals surface area contributed by atoms with Crippen LogP contribution in [0.4, 0.5) is 0 Å². The van der Waals surface area contributed by atoms with Crippen LogP contribution in [0, 0.1) is 6.92 Å². The Bertz CT molecular complexity index is 688. The lowest BCUT2D eigenvalue weighted by atomic mass is 10.2. The second-order valence-electron chi connectivity index (χ2n) is 3.91. The predicted molar refractivity (Wildman–Crippen MR) is 68.7 cm³/mol. The molecule has 0 bridgehead atoms. The summed E-state index contributed by atoms with van der Waals surface area (Å²) < 4.78 is 28.6. The highest BCUT2D eigenvalue weighted by molar-refractivity contribution is 8.09. The van der Waals surface area contributed by atoms with E-state index in [1.807, 2.05) is 19.1 Å². The molecule has 1 aliphatic rings. The van der Waals surface area contributed by atoms with Gasteiger partial charge in [-0.05, 0) is 18.6 Å². The fourth-order valence-electron chi connectivity index (χ4n) is 1.51. The molecule has 0 saturated heterocycles. The minimum Gasteiger partial charge on any atom is -0.486 e.